The minimum Gasteiger partial charge on any atom is -0.483 e. The van der Waals surface area contributed by atoms with Crippen molar-refractivity contribution < 1.29 is 14.3 Å². The molecule has 1 atom stereocenters. The van der Waals surface area contributed by atoms with Crippen molar-refractivity contribution in [3.63, 3.8) is 0 Å². The van der Waals surface area contributed by atoms with Gasteiger partial charge in [0.1, 0.15) is 5.76 Å². The van der Waals surface area contributed by atoms with Gasteiger partial charge in [-0.1, -0.05) is 6.07 Å². The van der Waals surface area contributed by atoms with Gasteiger partial charge in [-0.15, -0.1) is 0 Å². The fraction of sp³-hybridized carbons (Fsp3) is 0.286. The molecule has 4 heteroatoms. The summed E-state index contributed by atoms with van der Waals surface area (Å²) >= 11 is 0. The molecule has 0 aliphatic carbocycles. The molecule has 1 unspecified atom stereocenters. The molecule has 94 valence electrons. The van der Waals surface area contributed by atoms with Gasteiger partial charge in [0.15, 0.2) is 6.10 Å². The number of carbonyl (C=O) groups excluding carboxylic acids is 1. The normalized spacial score (nSPS) is 19.1. The van der Waals surface area contributed by atoms with Crippen LogP contribution in [0.25, 0.3) is 0 Å². The maximum absolute atomic E-state index is 11.5. The highest BCUT2D eigenvalue weighted by Gasteiger charge is 2.25. The first-order valence-corrected chi connectivity index (χ1v) is 5.68. The summed E-state index contributed by atoms with van der Waals surface area (Å²) in [6.45, 7) is 3.67. The second-order valence-electron chi connectivity index (χ2n) is 4.10. The zero-order chi connectivity index (χ0) is 13.1. The number of allylic oxidation sites excluding steroid dienone is 1. The number of esters is 1. The molecule has 4 nitrogen and oxygen atoms in total. The van der Waals surface area contributed by atoms with Crippen LogP contribution >= 0.6 is 0 Å². The zero-order valence-electron chi connectivity index (χ0n) is 10.6. The summed E-state index contributed by atoms with van der Waals surface area (Å²) in [5.41, 5.74) is 2.22. The van der Waals surface area contributed by atoms with Crippen molar-refractivity contribution in [1.29, 1.82) is 0 Å². The number of carbonyl (C=O) groups is 1. The predicted molar refractivity (Wildman–Crippen MR) is 66.5 cm³/mol. The van der Waals surface area contributed by atoms with Crippen LogP contribution in [0, 0.1) is 0 Å². The molecule has 0 spiro atoms. The van der Waals surface area contributed by atoms with Crippen LogP contribution in [0.3, 0.4) is 0 Å². The molecule has 1 aromatic rings. The minimum absolute atomic E-state index is 0.236. The largest absolute Gasteiger partial charge is 0.483 e. The van der Waals surface area contributed by atoms with E-state index < -0.39 is 0 Å². The molecule has 1 aromatic heterocycles. The van der Waals surface area contributed by atoms with Gasteiger partial charge in [-0.25, -0.2) is 4.79 Å². The van der Waals surface area contributed by atoms with Crippen molar-refractivity contribution >= 4 is 5.97 Å². The molecule has 0 radical (unpaired) electrons. The highest BCUT2D eigenvalue weighted by molar-refractivity contribution is 5.92. The fourth-order valence-electron chi connectivity index (χ4n) is 1.88. The standard InChI is InChI=1S/C14H15NO3/c1-9-8-11(14(16)17-3)10(2)18-13(9)12-6-4-5-7-15-12/h4-8,13H,1-3H3. The Morgan fingerprint density at radius 3 is 2.78 bits per heavy atom. The molecule has 0 bridgehead atoms. The van der Waals surface area contributed by atoms with Crippen LogP contribution in [-0.4, -0.2) is 18.1 Å². The van der Waals surface area contributed by atoms with Crippen molar-refractivity contribution in [3.05, 3.63) is 53.1 Å². The highest BCUT2D eigenvalue weighted by atomic mass is 16.5. The zero-order valence-corrected chi connectivity index (χ0v) is 10.6. The van der Waals surface area contributed by atoms with E-state index in [2.05, 4.69) is 4.98 Å². The van der Waals surface area contributed by atoms with E-state index in [1.165, 1.54) is 7.11 Å². The van der Waals surface area contributed by atoms with Crippen molar-refractivity contribution in [2.45, 2.75) is 20.0 Å². The Morgan fingerprint density at radius 1 is 1.39 bits per heavy atom. The molecule has 0 fully saturated rings. The number of pyridine rings is 1. The van der Waals surface area contributed by atoms with E-state index in [0.29, 0.717) is 11.3 Å². The third-order valence-electron chi connectivity index (χ3n) is 2.82. The van der Waals surface area contributed by atoms with Crippen LogP contribution < -0.4 is 0 Å². The Hall–Kier alpha value is -2.10. The molecule has 0 amide bonds. The van der Waals surface area contributed by atoms with E-state index in [0.717, 1.165) is 11.3 Å². The van der Waals surface area contributed by atoms with Gasteiger partial charge >= 0.3 is 5.97 Å². The first-order valence-electron chi connectivity index (χ1n) is 5.68. The quantitative estimate of drug-likeness (QED) is 0.751. The van der Waals surface area contributed by atoms with Crippen LogP contribution in [0.5, 0.6) is 0 Å². The molecular weight excluding hydrogens is 230 g/mol. The van der Waals surface area contributed by atoms with Gasteiger partial charge in [0.05, 0.1) is 18.4 Å². The second kappa shape index (κ2) is 5.04. The first kappa shape index (κ1) is 12.4. The molecule has 1 aliphatic heterocycles. The van der Waals surface area contributed by atoms with Crippen molar-refractivity contribution in [3.8, 4) is 0 Å². The number of hydrogen-bond acceptors (Lipinski definition) is 4. The average molecular weight is 245 g/mol. The molecule has 0 N–H and O–H groups in total. The lowest BCUT2D eigenvalue weighted by Crippen LogP contribution is -2.16. The van der Waals surface area contributed by atoms with Crippen LogP contribution in [0.4, 0.5) is 0 Å². The topological polar surface area (TPSA) is 48.4 Å². The summed E-state index contributed by atoms with van der Waals surface area (Å²) in [6, 6.07) is 5.67. The fourth-order valence-corrected chi connectivity index (χ4v) is 1.88. The van der Waals surface area contributed by atoms with E-state index in [1.807, 2.05) is 25.1 Å². The number of ether oxygens (including phenoxy) is 2. The maximum Gasteiger partial charge on any atom is 0.341 e. The van der Waals surface area contributed by atoms with E-state index in [9.17, 15) is 4.79 Å². The van der Waals surface area contributed by atoms with Crippen molar-refractivity contribution in [2.24, 2.45) is 0 Å². The van der Waals surface area contributed by atoms with Gasteiger partial charge in [0.25, 0.3) is 0 Å². The smallest absolute Gasteiger partial charge is 0.341 e. The van der Waals surface area contributed by atoms with Crippen molar-refractivity contribution in [1.82, 2.24) is 4.98 Å². The Balaban J connectivity index is 2.31. The lowest BCUT2D eigenvalue weighted by atomic mass is 10.0. The molecular formula is C14H15NO3. The van der Waals surface area contributed by atoms with Gasteiger partial charge in [-0.2, -0.15) is 0 Å². The van der Waals surface area contributed by atoms with Crippen LogP contribution in [0.15, 0.2) is 47.4 Å². The minimum atomic E-state index is -0.383. The summed E-state index contributed by atoms with van der Waals surface area (Å²) in [5, 5.41) is 0. The summed E-state index contributed by atoms with van der Waals surface area (Å²) in [6.07, 6.45) is 3.28. The van der Waals surface area contributed by atoms with Crippen LogP contribution in [-0.2, 0) is 14.3 Å². The van der Waals surface area contributed by atoms with Gasteiger partial charge in [-0.05, 0) is 37.6 Å². The lowest BCUT2D eigenvalue weighted by Gasteiger charge is -2.25. The third kappa shape index (κ3) is 2.27. The third-order valence-corrected chi connectivity index (χ3v) is 2.82. The SMILES string of the molecule is COC(=O)C1=C(C)OC(c2ccccn2)C(C)=C1. The number of hydrogen-bond donors (Lipinski definition) is 0. The van der Waals surface area contributed by atoms with E-state index in [4.69, 9.17) is 9.47 Å². The van der Waals surface area contributed by atoms with E-state index in [-0.39, 0.29) is 12.1 Å². The number of aromatic nitrogens is 1. The Bertz CT molecular complexity index is 517. The van der Waals surface area contributed by atoms with Gasteiger partial charge in [0.2, 0.25) is 0 Å². The first-order chi connectivity index (χ1) is 8.63. The molecule has 0 saturated heterocycles. The van der Waals surface area contributed by atoms with Gasteiger partial charge in [0, 0.05) is 6.20 Å². The molecule has 1 aliphatic rings. The predicted octanol–water partition coefficient (Wildman–Crippen LogP) is 2.55. The number of rotatable bonds is 2. The molecule has 0 aromatic carbocycles. The van der Waals surface area contributed by atoms with E-state index in [1.54, 1.807) is 19.2 Å². The monoisotopic (exact) mass is 245 g/mol. The maximum atomic E-state index is 11.5. The van der Waals surface area contributed by atoms with Crippen LogP contribution in [0.1, 0.15) is 25.6 Å². The number of nitrogens with zero attached hydrogens (tertiary/aromatic N) is 1. The number of methoxy groups -OCH3 is 1. The van der Waals surface area contributed by atoms with E-state index >= 15 is 0 Å². The lowest BCUT2D eigenvalue weighted by molar-refractivity contribution is -0.136. The Morgan fingerprint density at radius 2 is 2.17 bits per heavy atom. The summed E-state index contributed by atoms with van der Waals surface area (Å²) in [4.78, 5) is 15.8. The van der Waals surface area contributed by atoms with Crippen molar-refractivity contribution in [2.75, 3.05) is 7.11 Å². The Labute approximate surface area is 106 Å². The van der Waals surface area contributed by atoms with Gasteiger partial charge in [-0.3, -0.25) is 4.98 Å². The second-order valence-corrected chi connectivity index (χ2v) is 4.10. The van der Waals surface area contributed by atoms with Crippen LogP contribution in [0.2, 0.25) is 0 Å². The summed E-state index contributed by atoms with van der Waals surface area (Å²) < 4.78 is 10.5. The average Bonchev–Trinajstić information content (AvgIpc) is 2.41. The highest BCUT2D eigenvalue weighted by Crippen LogP contribution is 2.33. The Kier molecular flexibility index (Phi) is 3.46. The van der Waals surface area contributed by atoms with Gasteiger partial charge < -0.3 is 9.47 Å². The molecule has 2 rings (SSSR count). The molecule has 0 saturated carbocycles. The molecule has 2 heterocycles. The molecule has 18 heavy (non-hydrogen) atoms. The summed E-state index contributed by atoms with van der Waals surface area (Å²) in [7, 11) is 1.36. The summed E-state index contributed by atoms with van der Waals surface area (Å²) in [5.74, 6) is 0.175.